The number of nitrogens with zero attached hydrogens (tertiary/aromatic N) is 2. The maximum atomic E-state index is 13.0. The summed E-state index contributed by atoms with van der Waals surface area (Å²) in [4.78, 5) is 32.1. The fraction of sp³-hybridized carbons (Fsp3) is 0.316. The van der Waals surface area contributed by atoms with Crippen LogP contribution in [0.25, 0.3) is 0 Å². The van der Waals surface area contributed by atoms with Crippen molar-refractivity contribution in [1.82, 2.24) is 10.3 Å². The molecule has 0 radical (unpaired) electrons. The van der Waals surface area contributed by atoms with E-state index >= 15 is 0 Å². The highest BCUT2D eigenvalue weighted by Crippen LogP contribution is 2.39. The first-order chi connectivity index (χ1) is 12.2. The van der Waals surface area contributed by atoms with Crippen LogP contribution in [0.2, 0.25) is 0 Å². The summed E-state index contributed by atoms with van der Waals surface area (Å²) in [5, 5.41) is 3.81. The highest BCUT2D eigenvalue weighted by Gasteiger charge is 2.28. The molecule has 25 heavy (non-hydrogen) atoms. The van der Waals surface area contributed by atoms with E-state index in [0.717, 1.165) is 28.5 Å². The summed E-state index contributed by atoms with van der Waals surface area (Å²) in [5.74, 6) is 0.0448. The molecule has 2 aromatic rings. The molecular weight excluding hydrogens is 334 g/mol. The number of amides is 2. The predicted molar refractivity (Wildman–Crippen MR) is 96.9 cm³/mol. The minimum atomic E-state index is -0.0301. The molecule has 0 spiro atoms. The van der Waals surface area contributed by atoms with Crippen molar-refractivity contribution in [2.75, 3.05) is 11.4 Å². The number of carbonyl (C=O) groups excluding carboxylic acids is 2. The Morgan fingerprint density at radius 3 is 2.92 bits per heavy atom. The van der Waals surface area contributed by atoms with Crippen LogP contribution in [-0.2, 0) is 4.79 Å². The minimum absolute atomic E-state index is 0.0301. The Hall–Kier alpha value is -2.34. The number of rotatable bonds is 5. The molecule has 0 atom stereocenters. The minimum Gasteiger partial charge on any atom is -0.353 e. The van der Waals surface area contributed by atoms with Crippen LogP contribution in [0.5, 0.6) is 0 Å². The van der Waals surface area contributed by atoms with Crippen molar-refractivity contribution in [3.8, 4) is 0 Å². The summed E-state index contributed by atoms with van der Waals surface area (Å²) in [6.45, 7) is 0.504. The maximum absolute atomic E-state index is 13.0. The molecule has 2 heterocycles. The van der Waals surface area contributed by atoms with Crippen LogP contribution in [0.1, 0.15) is 36.0 Å². The summed E-state index contributed by atoms with van der Waals surface area (Å²) < 4.78 is 0. The number of fused-ring (bicyclic) bond motifs is 2. The molecule has 2 aliphatic rings. The van der Waals surface area contributed by atoms with E-state index in [1.54, 1.807) is 11.1 Å². The van der Waals surface area contributed by atoms with Crippen molar-refractivity contribution in [1.29, 1.82) is 0 Å². The van der Waals surface area contributed by atoms with Crippen molar-refractivity contribution >= 4 is 29.3 Å². The Kier molecular flexibility index (Phi) is 4.44. The molecule has 0 bridgehead atoms. The Labute approximate surface area is 150 Å². The smallest absolute Gasteiger partial charge is 0.259 e. The molecule has 0 unspecified atom stereocenters. The lowest BCUT2D eigenvalue weighted by atomic mass is 10.1. The lowest BCUT2D eigenvalue weighted by molar-refractivity contribution is -0.121. The van der Waals surface area contributed by atoms with Gasteiger partial charge in [0.2, 0.25) is 5.91 Å². The van der Waals surface area contributed by atoms with Crippen LogP contribution in [0, 0.1) is 0 Å². The second-order valence-corrected chi connectivity index (χ2v) is 7.36. The van der Waals surface area contributed by atoms with Crippen molar-refractivity contribution in [3.63, 3.8) is 0 Å². The molecule has 0 saturated heterocycles. The molecule has 128 valence electrons. The summed E-state index contributed by atoms with van der Waals surface area (Å²) >= 11 is 1.51. The second kappa shape index (κ2) is 6.88. The van der Waals surface area contributed by atoms with Gasteiger partial charge in [0.15, 0.2) is 0 Å². The van der Waals surface area contributed by atoms with E-state index in [-0.39, 0.29) is 11.8 Å². The van der Waals surface area contributed by atoms with Gasteiger partial charge in [-0.1, -0.05) is 23.9 Å². The maximum Gasteiger partial charge on any atom is 0.259 e. The van der Waals surface area contributed by atoms with E-state index in [1.165, 1.54) is 11.8 Å². The highest BCUT2D eigenvalue weighted by molar-refractivity contribution is 7.99. The van der Waals surface area contributed by atoms with Gasteiger partial charge in [-0.15, -0.1) is 0 Å². The molecule has 2 amide bonds. The fourth-order valence-electron chi connectivity index (χ4n) is 2.90. The van der Waals surface area contributed by atoms with Crippen LogP contribution < -0.4 is 10.2 Å². The van der Waals surface area contributed by atoms with Gasteiger partial charge in [-0.3, -0.25) is 9.59 Å². The van der Waals surface area contributed by atoms with Crippen molar-refractivity contribution in [2.45, 2.75) is 41.6 Å². The van der Waals surface area contributed by atoms with Crippen LogP contribution in [0.3, 0.4) is 0 Å². The molecule has 1 aromatic heterocycles. The van der Waals surface area contributed by atoms with Gasteiger partial charge >= 0.3 is 0 Å². The van der Waals surface area contributed by atoms with Crippen LogP contribution in [-0.4, -0.2) is 29.4 Å². The quantitative estimate of drug-likeness (QED) is 0.896. The number of carbonyl (C=O) groups is 2. The Morgan fingerprint density at radius 2 is 2.08 bits per heavy atom. The molecular formula is C19H19N3O2S. The number of nitrogens with one attached hydrogen (secondary N) is 1. The average molecular weight is 353 g/mol. The van der Waals surface area contributed by atoms with E-state index in [0.29, 0.717) is 31.0 Å². The first-order valence-corrected chi connectivity index (χ1v) is 9.37. The average Bonchev–Trinajstić information content (AvgIpc) is 3.44. The van der Waals surface area contributed by atoms with E-state index in [9.17, 15) is 9.59 Å². The van der Waals surface area contributed by atoms with Gasteiger partial charge in [-0.25, -0.2) is 4.98 Å². The SMILES string of the molecule is O=C(CCCN1C(=O)c2ccccc2Sc2ncccc21)NC1CC1. The third-order valence-electron chi connectivity index (χ3n) is 4.34. The fourth-order valence-corrected chi connectivity index (χ4v) is 3.92. The zero-order chi connectivity index (χ0) is 17.2. The van der Waals surface area contributed by atoms with Crippen molar-refractivity contribution in [3.05, 3.63) is 48.2 Å². The van der Waals surface area contributed by atoms with Gasteiger partial charge in [0.1, 0.15) is 5.03 Å². The highest BCUT2D eigenvalue weighted by atomic mass is 32.2. The van der Waals surface area contributed by atoms with E-state index in [2.05, 4.69) is 10.3 Å². The zero-order valence-corrected chi connectivity index (χ0v) is 14.6. The number of aromatic nitrogens is 1. The first kappa shape index (κ1) is 16.1. The van der Waals surface area contributed by atoms with Crippen LogP contribution >= 0.6 is 11.8 Å². The van der Waals surface area contributed by atoms with E-state index < -0.39 is 0 Å². The van der Waals surface area contributed by atoms with Gasteiger partial charge in [-0.05, 0) is 43.5 Å². The number of hydrogen-bond donors (Lipinski definition) is 1. The zero-order valence-electron chi connectivity index (χ0n) is 13.8. The van der Waals surface area contributed by atoms with Gasteiger partial charge in [0.05, 0.1) is 11.3 Å². The molecule has 1 aromatic carbocycles. The molecule has 1 aliphatic carbocycles. The number of hydrogen-bond acceptors (Lipinski definition) is 4. The molecule has 4 rings (SSSR count). The molecule has 1 aliphatic heterocycles. The summed E-state index contributed by atoms with van der Waals surface area (Å²) in [6, 6.07) is 11.7. The van der Waals surface area contributed by atoms with Gasteiger partial charge in [0.25, 0.3) is 5.91 Å². The Balaban J connectivity index is 1.54. The standard InChI is InChI=1S/C19H19N3O2S/c23-17(21-13-9-10-13)8-4-12-22-15-6-3-11-20-18(15)25-16-7-2-1-5-14(16)19(22)24/h1-3,5-7,11,13H,4,8-10,12H2,(H,21,23). The van der Waals surface area contributed by atoms with E-state index in [4.69, 9.17) is 0 Å². The van der Waals surface area contributed by atoms with Crippen LogP contribution in [0.4, 0.5) is 5.69 Å². The number of anilines is 1. The number of benzene rings is 1. The molecule has 1 N–H and O–H groups in total. The monoisotopic (exact) mass is 353 g/mol. The topological polar surface area (TPSA) is 62.3 Å². The summed E-state index contributed by atoms with van der Waals surface area (Å²) in [7, 11) is 0. The Bertz CT molecular complexity index is 820. The van der Waals surface area contributed by atoms with Crippen molar-refractivity contribution < 1.29 is 9.59 Å². The summed E-state index contributed by atoms with van der Waals surface area (Å²) in [6.07, 6.45) is 4.98. The largest absolute Gasteiger partial charge is 0.353 e. The van der Waals surface area contributed by atoms with Crippen molar-refractivity contribution in [2.24, 2.45) is 0 Å². The normalized spacial score (nSPS) is 16.0. The third-order valence-corrected chi connectivity index (χ3v) is 5.42. The van der Waals surface area contributed by atoms with E-state index in [1.807, 2.05) is 36.4 Å². The molecule has 1 saturated carbocycles. The Morgan fingerprint density at radius 1 is 1.24 bits per heavy atom. The number of pyridine rings is 1. The first-order valence-electron chi connectivity index (χ1n) is 8.55. The second-order valence-electron chi connectivity index (χ2n) is 6.33. The van der Waals surface area contributed by atoms with Gasteiger partial charge < -0.3 is 10.2 Å². The molecule has 5 nitrogen and oxygen atoms in total. The van der Waals surface area contributed by atoms with Gasteiger partial charge in [0, 0.05) is 30.1 Å². The lowest BCUT2D eigenvalue weighted by Gasteiger charge is -2.22. The van der Waals surface area contributed by atoms with Crippen LogP contribution in [0.15, 0.2) is 52.5 Å². The van der Waals surface area contributed by atoms with Gasteiger partial charge in [-0.2, -0.15) is 0 Å². The lowest BCUT2D eigenvalue weighted by Crippen LogP contribution is -2.33. The molecule has 1 fully saturated rings. The molecule has 6 heteroatoms. The third kappa shape index (κ3) is 3.54. The summed E-state index contributed by atoms with van der Waals surface area (Å²) in [5.41, 5.74) is 1.50. The predicted octanol–water partition coefficient (Wildman–Crippen LogP) is 3.25.